The van der Waals surface area contributed by atoms with Gasteiger partial charge < -0.3 is 73.8 Å². The molecule has 6 N–H and O–H groups in total. The average Bonchev–Trinajstić information content (AvgIpc) is 3.55. The maximum atomic E-state index is 12.6. The molecule has 9 atom stereocenters. The standard InChI is InChI=1S/C29H42N7O18P3S/c1-28(2,23(40)26(41)32-8-6-18(37)31-9-10-58-19(38)11-29-7-4-3-5-17(29)52-29)13-50-57(47,48)54-56(45,46)49-12-16-22(53-55(42,43)44)21(39)27(51-16)36-15-35-20-24(30)33-14-34-25(20)36/h3-5,7,14-17,21-23,27,39-40H,6,8-13H2,1-2H3,(H,31,37)(H,32,41)(H,45,46)(H,47,48)(H2,30,33,34)(H2,42,43,44)/p-4. The number of nitrogen functional groups attached to an aromatic ring is 1. The Kier molecular flexibility index (Phi) is 14.6. The highest BCUT2D eigenvalue weighted by molar-refractivity contribution is 8.13. The largest absolute Gasteiger partial charge is 0.790 e. The van der Waals surface area contributed by atoms with Crippen molar-refractivity contribution in [2.75, 3.05) is 37.8 Å². The van der Waals surface area contributed by atoms with Crippen molar-refractivity contribution < 1.29 is 85.2 Å². The van der Waals surface area contributed by atoms with E-state index >= 15 is 0 Å². The molecule has 29 heteroatoms. The van der Waals surface area contributed by atoms with Gasteiger partial charge >= 0.3 is 0 Å². The molecule has 9 unspecified atom stereocenters. The summed E-state index contributed by atoms with van der Waals surface area (Å²) in [6.07, 6.45) is -0.174. The first-order chi connectivity index (χ1) is 27.0. The molecule has 2 aromatic rings. The number of thioether (sulfide) groups is 1. The van der Waals surface area contributed by atoms with Gasteiger partial charge in [0.25, 0.3) is 15.6 Å². The number of ether oxygens (including phenoxy) is 2. The van der Waals surface area contributed by atoms with Crippen LogP contribution in [0.3, 0.4) is 0 Å². The third-order valence-corrected chi connectivity index (χ3v) is 12.6. The molecule has 3 aliphatic rings. The number of nitrogens with two attached hydrogens (primary N) is 1. The van der Waals surface area contributed by atoms with Gasteiger partial charge in [0.1, 0.15) is 48.0 Å². The Morgan fingerprint density at radius 2 is 1.81 bits per heavy atom. The summed E-state index contributed by atoms with van der Waals surface area (Å²) < 4.78 is 66.1. The summed E-state index contributed by atoms with van der Waals surface area (Å²) in [7, 11) is -17.6. The molecule has 0 spiro atoms. The number of imidazole rings is 1. The Bertz CT molecular complexity index is 2070. The number of carbonyl (C=O) groups is 3. The summed E-state index contributed by atoms with van der Waals surface area (Å²) in [5, 5.41) is 26.1. The van der Waals surface area contributed by atoms with Gasteiger partial charge in [-0.1, -0.05) is 43.8 Å². The Morgan fingerprint density at radius 1 is 1.09 bits per heavy atom. The number of aromatic nitrogens is 4. The van der Waals surface area contributed by atoms with Crippen molar-refractivity contribution in [2.24, 2.45) is 5.41 Å². The number of anilines is 1. The van der Waals surface area contributed by atoms with E-state index < -0.39 is 90.2 Å². The lowest BCUT2D eigenvalue weighted by molar-refractivity contribution is -0.347. The third-order valence-electron chi connectivity index (χ3n) is 8.71. The summed E-state index contributed by atoms with van der Waals surface area (Å²) in [4.78, 5) is 96.5. The van der Waals surface area contributed by atoms with Gasteiger partial charge in [-0.3, -0.25) is 28.1 Å². The number of amides is 2. The van der Waals surface area contributed by atoms with Crippen LogP contribution in [-0.2, 0) is 55.4 Å². The molecule has 25 nitrogen and oxygen atoms in total. The van der Waals surface area contributed by atoms with Gasteiger partial charge in [-0.15, -0.1) is 0 Å². The molecule has 2 saturated heterocycles. The zero-order valence-electron chi connectivity index (χ0n) is 30.4. The fourth-order valence-corrected chi connectivity index (χ4v) is 9.17. The number of fused-ring (bicyclic) bond motifs is 2. The molecule has 58 heavy (non-hydrogen) atoms. The second kappa shape index (κ2) is 18.3. The van der Waals surface area contributed by atoms with E-state index in [-0.39, 0.29) is 54.1 Å². The minimum Gasteiger partial charge on any atom is -0.790 e. The van der Waals surface area contributed by atoms with Gasteiger partial charge in [0, 0.05) is 30.7 Å². The van der Waals surface area contributed by atoms with Crippen molar-refractivity contribution in [3.8, 4) is 0 Å². The predicted octanol–water partition coefficient (Wildman–Crippen LogP) is -3.21. The first-order valence-electron chi connectivity index (χ1n) is 17.0. The predicted molar refractivity (Wildman–Crippen MR) is 189 cm³/mol. The molecular weight excluding hydrogens is 859 g/mol. The van der Waals surface area contributed by atoms with Crippen molar-refractivity contribution in [3.63, 3.8) is 0 Å². The Balaban J connectivity index is 1.04. The van der Waals surface area contributed by atoms with E-state index in [0.29, 0.717) is 5.75 Å². The Morgan fingerprint density at radius 3 is 2.52 bits per heavy atom. The maximum Gasteiger partial charge on any atom is 0.274 e. The molecule has 0 aromatic carbocycles. The molecule has 5 rings (SSSR count). The number of carbonyl (C=O) groups excluding carboxylic acids is 3. The third kappa shape index (κ3) is 12.1. The highest BCUT2D eigenvalue weighted by Crippen LogP contribution is 2.56. The number of phosphoric ester groups is 3. The van der Waals surface area contributed by atoms with E-state index in [1.54, 1.807) is 0 Å². The van der Waals surface area contributed by atoms with Crippen LogP contribution in [0.25, 0.3) is 11.2 Å². The van der Waals surface area contributed by atoms with Crippen molar-refractivity contribution >= 4 is 69.1 Å². The molecule has 0 saturated carbocycles. The second-order valence-corrected chi connectivity index (χ2v) is 18.8. The fraction of sp³-hybridized carbons (Fsp3) is 0.586. The van der Waals surface area contributed by atoms with Crippen molar-refractivity contribution in [3.05, 3.63) is 37.0 Å². The molecular formula is C29H38N7O18P3S-4. The van der Waals surface area contributed by atoms with Gasteiger partial charge in [0.2, 0.25) is 11.8 Å². The minimum atomic E-state index is -5.92. The monoisotopic (exact) mass is 897 g/mol. The van der Waals surface area contributed by atoms with Crippen LogP contribution >= 0.6 is 35.2 Å². The van der Waals surface area contributed by atoms with Gasteiger partial charge in [-0.05, 0) is 6.08 Å². The quantitative estimate of drug-likeness (QED) is 0.0468. The molecule has 2 aliphatic heterocycles. The minimum absolute atomic E-state index is 0.0232. The van der Waals surface area contributed by atoms with Crippen molar-refractivity contribution in [2.45, 2.75) is 69.0 Å². The molecule has 2 aromatic heterocycles. The van der Waals surface area contributed by atoms with Gasteiger partial charge in [0.15, 0.2) is 22.8 Å². The van der Waals surface area contributed by atoms with Crippen LogP contribution in [0.2, 0.25) is 0 Å². The molecule has 322 valence electrons. The number of hydrogen-bond donors (Lipinski definition) is 5. The summed E-state index contributed by atoms with van der Waals surface area (Å²) in [6.45, 7) is 0.0445. The van der Waals surface area contributed by atoms with Crippen LogP contribution in [0.15, 0.2) is 37.0 Å². The fourth-order valence-electron chi connectivity index (χ4n) is 5.67. The van der Waals surface area contributed by atoms with E-state index in [2.05, 4.69) is 43.5 Å². The lowest BCUT2D eigenvalue weighted by atomic mass is 9.87. The summed E-state index contributed by atoms with van der Waals surface area (Å²) in [5.41, 5.74) is 3.47. The van der Waals surface area contributed by atoms with E-state index in [9.17, 15) is 57.9 Å². The maximum absolute atomic E-state index is 12.6. The molecule has 0 radical (unpaired) electrons. The van der Waals surface area contributed by atoms with Crippen molar-refractivity contribution in [1.29, 1.82) is 0 Å². The van der Waals surface area contributed by atoms with E-state index in [1.165, 1.54) is 13.8 Å². The van der Waals surface area contributed by atoms with E-state index in [0.717, 1.165) is 29.0 Å². The number of nitrogens with one attached hydrogen (secondary N) is 2. The van der Waals surface area contributed by atoms with Crippen LogP contribution in [-0.4, -0.2) is 115 Å². The number of epoxide rings is 1. The van der Waals surface area contributed by atoms with E-state index in [1.807, 2.05) is 24.3 Å². The normalized spacial score (nSPS) is 26.7. The Hall–Kier alpha value is -3.00. The van der Waals surface area contributed by atoms with Gasteiger partial charge in [-0.25, -0.2) is 19.3 Å². The van der Waals surface area contributed by atoms with Crippen LogP contribution < -0.4 is 35.9 Å². The first-order valence-corrected chi connectivity index (χ1v) is 22.4. The van der Waals surface area contributed by atoms with Crippen LogP contribution in [0.5, 0.6) is 0 Å². The number of nitrogens with zero attached hydrogens (tertiary/aromatic N) is 4. The number of rotatable bonds is 21. The highest BCUT2D eigenvalue weighted by atomic mass is 32.2. The second-order valence-electron chi connectivity index (χ2n) is 13.6. The van der Waals surface area contributed by atoms with Crippen LogP contribution in [0, 0.1) is 5.41 Å². The molecule has 4 heterocycles. The van der Waals surface area contributed by atoms with Crippen molar-refractivity contribution in [1.82, 2.24) is 30.2 Å². The lowest BCUT2D eigenvalue weighted by Crippen LogP contribution is -2.46. The number of hydrogen-bond acceptors (Lipinski definition) is 23. The van der Waals surface area contributed by atoms with E-state index in [4.69, 9.17) is 15.2 Å². The summed E-state index contributed by atoms with van der Waals surface area (Å²) in [6, 6.07) is 0. The summed E-state index contributed by atoms with van der Waals surface area (Å²) in [5.74, 6) is -1.27. The van der Waals surface area contributed by atoms with Crippen LogP contribution in [0.4, 0.5) is 5.82 Å². The number of phosphoric acid groups is 3. The number of aliphatic hydroxyl groups is 2. The van der Waals surface area contributed by atoms with Crippen LogP contribution in [0.1, 0.15) is 32.9 Å². The van der Waals surface area contributed by atoms with Gasteiger partial charge in [0.05, 0.1) is 33.8 Å². The zero-order valence-corrected chi connectivity index (χ0v) is 33.9. The molecule has 0 bridgehead atoms. The first kappa shape index (κ1) is 46.1. The average molecular weight is 898 g/mol. The smallest absolute Gasteiger partial charge is 0.274 e. The highest BCUT2D eigenvalue weighted by Gasteiger charge is 2.55. The Labute approximate surface area is 333 Å². The topological polar surface area (TPSA) is 387 Å². The zero-order chi connectivity index (χ0) is 42.7. The number of aliphatic hydroxyl groups excluding tert-OH is 2. The number of allylic oxidation sites excluding steroid dienone is 2. The SMILES string of the molecule is CC(C)(COP(=O)([O-])OP(=O)([O-])OCC1OC(n2cnc3c(N)ncnc32)C(O)C1OP(=O)([O-])[O-])C(O)C(=O)NCCC(=O)NCCSC(=O)CC12C=CC=CC1O2. The molecule has 1 aliphatic carbocycles. The van der Waals surface area contributed by atoms with Gasteiger partial charge in [-0.2, -0.15) is 0 Å². The summed E-state index contributed by atoms with van der Waals surface area (Å²) >= 11 is 1.04. The molecule has 2 fully saturated rings. The molecule has 2 amide bonds. The lowest BCUT2D eigenvalue weighted by Gasteiger charge is -2.36.